The topological polar surface area (TPSA) is 38.5 Å². The smallest absolute Gasteiger partial charge is 0.0642 e. The van der Waals surface area contributed by atoms with Gasteiger partial charge < -0.3 is 15.4 Å². The molecule has 1 heterocycles. The lowest BCUT2D eigenvalue weighted by Crippen LogP contribution is -2.36. The Morgan fingerprint density at radius 2 is 1.88 bits per heavy atom. The monoisotopic (exact) mass is 234 g/mol. The van der Waals surface area contributed by atoms with Gasteiger partial charge in [0.1, 0.15) is 0 Å². The standard InChI is InChI=1S/C14H22N2O/c1-11-10-12(14(2,3)15)4-5-13(11)16-6-8-17-9-7-16/h4-5,10H,6-9,15H2,1-3H3. The molecule has 0 aliphatic carbocycles. The molecule has 1 aliphatic rings. The average Bonchev–Trinajstić information content (AvgIpc) is 2.29. The number of benzene rings is 1. The molecule has 2 N–H and O–H groups in total. The van der Waals surface area contributed by atoms with Gasteiger partial charge in [0.15, 0.2) is 0 Å². The first-order valence-electron chi connectivity index (χ1n) is 6.21. The molecule has 0 atom stereocenters. The van der Waals surface area contributed by atoms with E-state index in [4.69, 9.17) is 10.5 Å². The van der Waals surface area contributed by atoms with Crippen molar-refractivity contribution in [3.05, 3.63) is 29.3 Å². The Hall–Kier alpha value is -1.06. The van der Waals surface area contributed by atoms with Crippen LogP contribution in [-0.2, 0) is 10.3 Å². The Bertz CT molecular complexity index is 390. The number of nitrogens with zero attached hydrogens (tertiary/aromatic N) is 1. The van der Waals surface area contributed by atoms with E-state index in [2.05, 4.69) is 30.0 Å². The van der Waals surface area contributed by atoms with E-state index in [1.165, 1.54) is 16.8 Å². The first-order chi connectivity index (χ1) is 7.98. The highest BCUT2D eigenvalue weighted by molar-refractivity contribution is 5.55. The van der Waals surface area contributed by atoms with Crippen LogP contribution in [0.5, 0.6) is 0 Å². The summed E-state index contributed by atoms with van der Waals surface area (Å²) in [5.41, 5.74) is 9.64. The van der Waals surface area contributed by atoms with Crippen LogP contribution in [0.15, 0.2) is 18.2 Å². The molecule has 0 radical (unpaired) electrons. The highest BCUT2D eigenvalue weighted by Gasteiger charge is 2.17. The summed E-state index contributed by atoms with van der Waals surface area (Å²) in [6.45, 7) is 9.83. The van der Waals surface area contributed by atoms with Gasteiger partial charge in [-0.2, -0.15) is 0 Å². The molecule has 0 spiro atoms. The van der Waals surface area contributed by atoms with Crippen molar-refractivity contribution in [1.29, 1.82) is 0 Å². The van der Waals surface area contributed by atoms with Gasteiger partial charge in [0.25, 0.3) is 0 Å². The lowest BCUT2D eigenvalue weighted by atomic mass is 9.93. The van der Waals surface area contributed by atoms with E-state index in [1.807, 2.05) is 13.8 Å². The molecule has 3 heteroatoms. The highest BCUT2D eigenvalue weighted by Crippen LogP contribution is 2.26. The van der Waals surface area contributed by atoms with Crippen molar-refractivity contribution in [2.75, 3.05) is 31.2 Å². The van der Waals surface area contributed by atoms with Crippen LogP contribution in [0, 0.1) is 6.92 Å². The normalized spacial score (nSPS) is 17.3. The molecule has 1 fully saturated rings. The Labute approximate surface area is 104 Å². The summed E-state index contributed by atoms with van der Waals surface area (Å²) >= 11 is 0. The van der Waals surface area contributed by atoms with Crippen LogP contribution in [0.25, 0.3) is 0 Å². The predicted octanol–water partition coefficient (Wildman–Crippen LogP) is 2.03. The molecule has 1 aromatic carbocycles. The maximum Gasteiger partial charge on any atom is 0.0642 e. The Morgan fingerprint density at radius 1 is 1.24 bits per heavy atom. The maximum atomic E-state index is 6.12. The van der Waals surface area contributed by atoms with Crippen LogP contribution < -0.4 is 10.6 Å². The third-order valence-corrected chi connectivity index (χ3v) is 3.29. The molecule has 1 aliphatic heterocycles. The van der Waals surface area contributed by atoms with E-state index in [9.17, 15) is 0 Å². The number of hydrogen-bond acceptors (Lipinski definition) is 3. The van der Waals surface area contributed by atoms with E-state index in [-0.39, 0.29) is 5.54 Å². The van der Waals surface area contributed by atoms with E-state index in [1.54, 1.807) is 0 Å². The summed E-state index contributed by atoms with van der Waals surface area (Å²) in [5, 5.41) is 0. The first kappa shape index (κ1) is 12.4. The quantitative estimate of drug-likeness (QED) is 0.851. The minimum atomic E-state index is -0.270. The lowest BCUT2D eigenvalue weighted by Gasteiger charge is -2.31. The van der Waals surface area contributed by atoms with Gasteiger partial charge in [-0.05, 0) is 38.0 Å². The van der Waals surface area contributed by atoms with Crippen LogP contribution in [0.3, 0.4) is 0 Å². The minimum Gasteiger partial charge on any atom is -0.378 e. The van der Waals surface area contributed by atoms with Crippen LogP contribution >= 0.6 is 0 Å². The van der Waals surface area contributed by atoms with E-state index >= 15 is 0 Å². The van der Waals surface area contributed by atoms with Crippen LogP contribution in [0.1, 0.15) is 25.0 Å². The van der Waals surface area contributed by atoms with Crippen LogP contribution in [-0.4, -0.2) is 26.3 Å². The van der Waals surface area contributed by atoms with E-state index < -0.39 is 0 Å². The zero-order valence-electron chi connectivity index (χ0n) is 11.0. The van der Waals surface area contributed by atoms with Crippen molar-refractivity contribution in [3.8, 4) is 0 Å². The van der Waals surface area contributed by atoms with Crippen LogP contribution in [0.4, 0.5) is 5.69 Å². The Balaban J connectivity index is 2.25. The number of rotatable bonds is 2. The molecule has 0 unspecified atom stereocenters. The second-order valence-electron chi connectivity index (χ2n) is 5.32. The fraction of sp³-hybridized carbons (Fsp3) is 0.571. The van der Waals surface area contributed by atoms with Gasteiger partial charge in [-0.3, -0.25) is 0 Å². The van der Waals surface area contributed by atoms with Gasteiger partial charge in [0.05, 0.1) is 13.2 Å². The van der Waals surface area contributed by atoms with Gasteiger partial charge in [-0.25, -0.2) is 0 Å². The molecule has 2 rings (SSSR count). The maximum absolute atomic E-state index is 6.12. The van der Waals surface area contributed by atoms with Crippen molar-refractivity contribution >= 4 is 5.69 Å². The van der Waals surface area contributed by atoms with Crippen molar-refractivity contribution in [1.82, 2.24) is 0 Å². The number of anilines is 1. The molecule has 1 saturated heterocycles. The number of ether oxygens (including phenoxy) is 1. The van der Waals surface area contributed by atoms with Crippen molar-refractivity contribution in [3.63, 3.8) is 0 Å². The van der Waals surface area contributed by atoms with Crippen LogP contribution in [0.2, 0.25) is 0 Å². The SMILES string of the molecule is Cc1cc(C(C)(C)N)ccc1N1CCOCC1. The Kier molecular flexibility index (Phi) is 3.40. The zero-order valence-corrected chi connectivity index (χ0v) is 11.0. The summed E-state index contributed by atoms with van der Waals surface area (Å²) in [4.78, 5) is 2.38. The number of nitrogens with two attached hydrogens (primary N) is 1. The molecule has 0 saturated carbocycles. The fourth-order valence-corrected chi connectivity index (χ4v) is 2.22. The molecule has 0 aromatic heterocycles. The second-order valence-corrected chi connectivity index (χ2v) is 5.32. The van der Waals surface area contributed by atoms with Gasteiger partial charge in [0.2, 0.25) is 0 Å². The van der Waals surface area contributed by atoms with Crippen molar-refractivity contribution in [2.24, 2.45) is 5.73 Å². The lowest BCUT2D eigenvalue weighted by molar-refractivity contribution is 0.122. The molecule has 94 valence electrons. The number of aryl methyl sites for hydroxylation is 1. The van der Waals surface area contributed by atoms with Gasteiger partial charge >= 0.3 is 0 Å². The summed E-state index contributed by atoms with van der Waals surface area (Å²) in [6.07, 6.45) is 0. The molecule has 1 aromatic rings. The summed E-state index contributed by atoms with van der Waals surface area (Å²) in [7, 11) is 0. The second kappa shape index (κ2) is 4.67. The largest absolute Gasteiger partial charge is 0.378 e. The van der Waals surface area contributed by atoms with Gasteiger partial charge in [0, 0.05) is 24.3 Å². The third kappa shape index (κ3) is 2.79. The van der Waals surface area contributed by atoms with Crippen molar-refractivity contribution < 1.29 is 4.74 Å². The van der Waals surface area contributed by atoms with E-state index in [0.29, 0.717) is 0 Å². The zero-order chi connectivity index (χ0) is 12.5. The summed E-state index contributed by atoms with van der Waals surface area (Å²) < 4.78 is 5.38. The van der Waals surface area contributed by atoms with Crippen molar-refractivity contribution in [2.45, 2.75) is 26.3 Å². The third-order valence-electron chi connectivity index (χ3n) is 3.29. The molecule has 17 heavy (non-hydrogen) atoms. The first-order valence-corrected chi connectivity index (χ1v) is 6.21. The minimum absolute atomic E-state index is 0.270. The van der Waals surface area contributed by atoms with Gasteiger partial charge in [-0.15, -0.1) is 0 Å². The van der Waals surface area contributed by atoms with Gasteiger partial charge in [-0.1, -0.05) is 12.1 Å². The molecule has 3 nitrogen and oxygen atoms in total. The Morgan fingerprint density at radius 3 is 2.41 bits per heavy atom. The number of hydrogen-bond donors (Lipinski definition) is 1. The summed E-state index contributed by atoms with van der Waals surface area (Å²) in [6, 6.07) is 6.52. The van der Waals surface area contributed by atoms with E-state index in [0.717, 1.165) is 26.3 Å². The average molecular weight is 234 g/mol. The molecular formula is C14H22N2O. The molecule has 0 bridgehead atoms. The molecular weight excluding hydrogens is 212 g/mol. The predicted molar refractivity (Wildman–Crippen MR) is 71.4 cm³/mol. The molecule has 0 amide bonds. The number of morpholine rings is 1. The fourth-order valence-electron chi connectivity index (χ4n) is 2.22. The summed E-state index contributed by atoms with van der Waals surface area (Å²) in [5.74, 6) is 0. The highest BCUT2D eigenvalue weighted by atomic mass is 16.5.